The molecule has 6 nitrogen and oxygen atoms in total. The zero-order chi connectivity index (χ0) is 17.9. The maximum atomic E-state index is 12.6. The highest BCUT2D eigenvalue weighted by molar-refractivity contribution is 7.89. The number of anilines is 1. The quantitative estimate of drug-likeness (QED) is 0.850. The average Bonchev–Trinajstić information content (AvgIpc) is 2.56. The van der Waals surface area contributed by atoms with E-state index in [0.29, 0.717) is 24.7 Å². The monoisotopic (exact) mass is 354 g/mol. The van der Waals surface area contributed by atoms with Crippen LogP contribution in [0.25, 0.3) is 0 Å². The van der Waals surface area contributed by atoms with Crippen LogP contribution < -0.4 is 4.90 Å². The summed E-state index contributed by atoms with van der Waals surface area (Å²) in [4.78, 5) is 13.8. The van der Waals surface area contributed by atoms with Crippen molar-refractivity contribution in [1.82, 2.24) is 4.31 Å². The van der Waals surface area contributed by atoms with E-state index in [-0.39, 0.29) is 10.5 Å². The molecule has 0 aromatic heterocycles. The Morgan fingerprint density at radius 2 is 1.83 bits per heavy atom. The highest BCUT2D eigenvalue weighted by atomic mass is 32.2. The van der Waals surface area contributed by atoms with E-state index in [1.807, 2.05) is 4.90 Å². The topological polar surface area (TPSA) is 77.9 Å². The summed E-state index contributed by atoms with van der Waals surface area (Å²) < 4.78 is 26.6. The molecule has 0 aliphatic carbocycles. The number of hydrogen-bond donors (Lipinski definition) is 1. The van der Waals surface area contributed by atoms with E-state index in [1.54, 1.807) is 19.9 Å². The molecular formula is C17H26N2O4S. The molecule has 7 heteroatoms. The lowest BCUT2D eigenvalue weighted by atomic mass is 9.98. The van der Waals surface area contributed by atoms with Crippen LogP contribution in [0.1, 0.15) is 44.0 Å². The highest BCUT2D eigenvalue weighted by Crippen LogP contribution is 2.29. The van der Waals surface area contributed by atoms with Gasteiger partial charge in [-0.05, 0) is 37.0 Å². The third-order valence-corrected chi connectivity index (χ3v) is 6.71. The molecular weight excluding hydrogens is 328 g/mol. The van der Waals surface area contributed by atoms with Crippen molar-refractivity contribution in [2.75, 3.05) is 31.1 Å². The molecule has 0 atom stereocenters. The van der Waals surface area contributed by atoms with Crippen LogP contribution in [-0.4, -0.2) is 50.0 Å². The van der Waals surface area contributed by atoms with E-state index in [0.717, 1.165) is 25.9 Å². The lowest BCUT2D eigenvalue weighted by Crippen LogP contribution is -2.34. The molecule has 0 unspecified atom stereocenters. The molecule has 24 heavy (non-hydrogen) atoms. The second kappa shape index (κ2) is 7.53. The van der Waals surface area contributed by atoms with Gasteiger partial charge in [0.05, 0.1) is 16.1 Å². The molecule has 0 radical (unpaired) electrons. The number of rotatable bonds is 6. The Morgan fingerprint density at radius 1 is 1.25 bits per heavy atom. The van der Waals surface area contributed by atoms with Crippen LogP contribution in [0.4, 0.5) is 5.69 Å². The predicted molar refractivity (Wildman–Crippen MR) is 94.1 cm³/mol. The lowest BCUT2D eigenvalue weighted by molar-refractivity contribution is 0.0697. The molecule has 2 rings (SSSR count). The van der Waals surface area contributed by atoms with E-state index >= 15 is 0 Å². The standard InChI is InChI=1S/C17H26N2O4S/c1-4-19(5-2)24(22,23)14-6-7-16(15(12-14)17(20)21)18-10-8-13(3)9-11-18/h6-7,12-13H,4-5,8-11H2,1-3H3,(H,20,21). The van der Waals surface area contributed by atoms with Crippen molar-refractivity contribution in [3.63, 3.8) is 0 Å². The van der Waals surface area contributed by atoms with Gasteiger partial charge in [0.1, 0.15) is 0 Å². The van der Waals surface area contributed by atoms with E-state index in [9.17, 15) is 18.3 Å². The zero-order valence-corrected chi connectivity index (χ0v) is 15.3. The summed E-state index contributed by atoms with van der Waals surface area (Å²) in [6.07, 6.45) is 2.02. The number of carboxylic acids is 1. The molecule has 1 heterocycles. The number of piperidine rings is 1. The van der Waals surface area contributed by atoms with Crippen LogP contribution in [0.3, 0.4) is 0 Å². The zero-order valence-electron chi connectivity index (χ0n) is 14.5. The van der Waals surface area contributed by atoms with E-state index in [2.05, 4.69) is 6.92 Å². The van der Waals surface area contributed by atoms with Gasteiger partial charge in [0.25, 0.3) is 0 Å². The number of carbonyl (C=O) groups is 1. The average molecular weight is 354 g/mol. The Balaban J connectivity index is 2.42. The SMILES string of the molecule is CCN(CC)S(=O)(=O)c1ccc(N2CCC(C)CC2)c(C(=O)O)c1. The van der Waals surface area contributed by atoms with Crippen molar-refractivity contribution in [3.05, 3.63) is 23.8 Å². The van der Waals surface area contributed by atoms with Crippen LogP contribution >= 0.6 is 0 Å². The van der Waals surface area contributed by atoms with Crippen molar-refractivity contribution < 1.29 is 18.3 Å². The molecule has 1 saturated heterocycles. The second-order valence-electron chi connectivity index (χ2n) is 6.24. The first-order chi connectivity index (χ1) is 11.3. The minimum absolute atomic E-state index is 0.0396. The number of sulfonamides is 1. The van der Waals surface area contributed by atoms with E-state index < -0.39 is 16.0 Å². The number of hydrogen-bond acceptors (Lipinski definition) is 4. The molecule has 1 aliphatic heterocycles. The Kier molecular flexibility index (Phi) is 5.87. The van der Waals surface area contributed by atoms with Crippen molar-refractivity contribution in [2.45, 2.75) is 38.5 Å². The number of aromatic carboxylic acids is 1. The first kappa shape index (κ1) is 18.7. The fraction of sp³-hybridized carbons (Fsp3) is 0.588. The maximum Gasteiger partial charge on any atom is 0.337 e. The van der Waals surface area contributed by atoms with Gasteiger partial charge in [0.2, 0.25) is 10.0 Å². The van der Waals surface area contributed by atoms with Gasteiger partial charge in [-0.3, -0.25) is 0 Å². The first-order valence-corrected chi connectivity index (χ1v) is 9.87. The highest BCUT2D eigenvalue weighted by Gasteiger charge is 2.26. The van der Waals surface area contributed by atoms with Crippen LogP contribution in [-0.2, 0) is 10.0 Å². The molecule has 0 saturated carbocycles. The Bertz CT molecular complexity index is 691. The van der Waals surface area contributed by atoms with Gasteiger partial charge in [-0.2, -0.15) is 4.31 Å². The number of carboxylic acid groups (broad SMARTS) is 1. The molecule has 134 valence electrons. The molecule has 0 spiro atoms. The van der Waals surface area contributed by atoms with Gasteiger partial charge >= 0.3 is 5.97 Å². The van der Waals surface area contributed by atoms with Crippen LogP contribution in [0.5, 0.6) is 0 Å². The van der Waals surface area contributed by atoms with Crippen molar-refractivity contribution in [1.29, 1.82) is 0 Å². The summed E-state index contributed by atoms with van der Waals surface area (Å²) in [5.74, 6) is -0.461. The summed E-state index contributed by atoms with van der Waals surface area (Å²) in [5.41, 5.74) is 0.658. The van der Waals surface area contributed by atoms with E-state index in [4.69, 9.17) is 0 Å². The molecule has 1 N–H and O–H groups in total. The number of nitrogens with zero attached hydrogens (tertiary/aromatic N) is 2. The van der Waals surface area contributed by atoms with Crippen molar-refractivity contribution in [3.8, 4) is 0 Å². The molecule has 1 aromatic rings. The predicted octanol–water partition coefficient (Wildman–Crippen LogP) is 2.65. The van der Waals surface area contributed by atoms with Crippen molar-refractivity contribution >= 4 is 21.7 Å². The summed E-state index contributed by atoms with van der Waals surface area (Å²) >= 11 is 0. The molecule has 0 amide bonds. The van der Waals surface area contributed by atoms with Gasteiger partial charge in [0.15, 0.2) is 0 Å². The summed E-state index contributed by atoms with van der Waals surface area (Å²) in [5, 5.41) is 9.56. The van der Waals surface area contributed by atoms with Gasteiger partial charge in [0, 0.05) is 26.2 Å². The van der Waals surface area contributed by atoms with Crippen LogP contribution in [0.2, 0.25) is 0 Å². The molecule has 1 fully saturated rings. The smallest absolute Gasteiger partial charge is 0.337 e. The molecule has 1 aromatic carbocycles. The normalized spacial score (nSPS) is 16.6. The minimum atomic E-state index is -3.66. The fourth-order valence-corrected chi connectivity index (χ4v) is 4.57. The largest absolute Gasteiger partial charge is 0.478 e. The Morgan fingerprint density at radius 3 is 2.33 bits per heavy atom. The second-order valence-corrected chi connectivity index (χ2v) is 8.18. The van der Waals surface area contributed by atoms with Gasteiger partial charge in [-0.25, -0.2) is 13.2 Å². The first-order valence-electron chi connectivity index (χ1n) is 8.43. The van der Waals surface area contributed by atoms with Gasteiger partial charge in [-0.15, -0.1) is 0 Å². The lowest BCUT2D eigenvalue weighted by Gasteiger charge is -2.33. The summed E-state index contributed by atoms with van der Waals surface area (Å²) in [6, 6.07) is 4.45. The molecule has 1 aliphatic rings. The Hall–Kier alpha value is -1.60. The Labute approximate surface area is 144 Å². The third kappa shape index (κ3) is 3.72. The van der Waals surface area contributed by atoms with Gasteiger partial charge in [-0.1, -0.05) is 20.8 Å². The van der Waals surface area contributed by atoms with Crippen LogP contribution in [0, 0.1) is 5.92 Å². The summed E-state index contributed by atoms with van der Waals surface area (Å²) in [6.45, 7) is 8.02. The minimum Gasteiger partial charge on any atom is -0.478 e. The van der Waals surface area contributed by atoms with Crippen LogP contribution in [0.15, 0.2) is 23.1 Å². The summed E-state index contributed by atoms with van der Waals surface area (Å²) in [7, 11) is -3.66. The van der Waals surface area contributed by atoms with Gasteiger partial charge < -0.3 is 10.0 Å². The third-order valence-electron chi connectivity index (χ3n) is 4.67. The molecule has 0 bridgehead atoms. The van der Waals surface area contributed by atoms with Crippen molar-refractivity contribution in [2.24, 2.45) is 5.92 Å². The number of benzene rings is 1. The maximum absolute atomic E-state index is 12.6. The van der Waals surface area contributed by atoms with E-state index in [1.165, 1.54) is 16.4 Å². The fourth-order valence-electron chi connectivity index (χ4n) is 3.08.